The number of rotatable bonds is 4. The highest BCUT2D eigenvalue weighted by atomic mass is 32.2. The van der Waals surface area contributed by atoms with Crippen molar-refractivity contribution in [1.82, 2.24) is 4.57 Å². The van der Waals surface area contributed by atoms with Crippen molar-refractivity contribution in [3.8, 4) is 16.9 Å². The standard InChI is InChI=1S/C18H15F3N2O2S/c1-11-16(18(20)21)10-17(23(11)14-6-4-13(19)5-7-14)12-2-8-15(9-3-12)26(22,24)25/h2-10,18H,1H3,(H2,22,24,25). The van der Waals surface area contributed by atoms with Crippen molar-refractivity contribution in [2.24, 2.45) is 5.14 Å². The summed E-state index contributed by atoms with van der Waals surface area (Å²) in [6.07, 6.45) is -2.68. The van der Waals surface area contributed by atoms with Crippen molar-refractivity contribution >= 4 is 10.0 Å². The van der Waals surface area contributed by atoms with Crippen LogP contribution in [-0.4, -0.2) is 13.0 Å². The molecule has 0 radical (unpaired) electrons. The summed E-state index contributed by atoms with van der Waals surface area (Å²) >= 11 is 0. The topological polar surface area (TPSA) is 65.1 Å². The SMILES string of the molecule is Cc1c(C(F)F)cc(-c2ccc(S(N)(=O)=O)cc2)n1-c1ccc(F)cc1. The van der Waals surface area contributed by atoms with E-state index in [1.807, 2.05) is 0 Å². The van der Waals surface area contributed by atoms with Gasteiger partial charge in [-0.05, 0) is 55.0 Å². The third-order valence-electron chi connectivity index (χ3n) is 4.08. The molecule has 0 aliphatic rings. The van der Waals surface area contributed by atoms with Gasteiger partial charge in [-0.2, -0.15) is 0 Å². The summed E-state index contributed by atoms with van der Waals surface area (Å²) in [5.74, 6) is -0.438. The molecule has 0 saturated heterocycles. The fourth-order valence-electron chi connectivity index (χ4n) is 2.80. The molecule has 3 rings (SSSR count). The van der Waals surface area contributed by atoms with E-state index in [1.165, 1.54) is 54.6 Å². The summed E-state index contributed by atoms with van der Waals surface area (Å²) in [7, 11) is -3.85. The van der Waals surface area contributed by atoms with Crippen LogP contribution in [0.1, 0.15) is 17.7 Å². The van der Waals surface area contributed by atoms with Crippen LogP contribution < -0.4 is 5.14 Å². The lowest BCUT2D eigenvalue weighted by atomic mass is 10.1. The van der Waals surface area contributed by atoms with Gasteiger partial charge in [0.25, 0.3) is 6.43 Å². The minimum atomic E-state index is -3.85. The molecule has 3 aromatic rings. The Bertz CT molecular complexity index is 1040. The zero-order valence-electron chi connectivity index (χ0n) is 13.7. The second-order valence-corrected chi connectivity index (χ2v) is 7.31. The van der Waals surface area contributed by atoms with E-state index < -0.39 is 22.3 Å². The molecule has 136 valence electrons. The minimum Gasteiger partial charge on any atom is -0.313 e. The largest absolute Gasteiger partial charge is 0.313 e. The Morgan fingerprint density at radius 2 is 1.58 bits per heavy atom. The summed E-state index contributed by atoms with van der Waals surface area (Å²) in [6.45, 7) is 1.55. The highest BCUT2D eigenvalue weighted by Crippen LogP contribution is 2.34. The molecule has 2 aromatic carbocycles. The quantitative estimate of drug-likeness (QED) is 0.738. The van der Waals surface area contributed by atoms with E-state index in [9.17, 15) is 21.6 Å². The summed E-state index contributed by atoms with van der Waals surface area (Å²) in [4.78, 5) is -0.0769. The Morgan fingerprint density at radius 3 is 2.08 bits per heavy atom. The number of sulfonamides is 1. The van der Waals surface area contributed by atoms with Crippen molar-refractivity contribution in [3.05, 3.63) is 71.7 Å². The number of halogens is 3. The lowest BCUT2D eigenvalue weighted by Crippen LogP contribution is -2.11. The van der Waals surface area contributed by atoms with Gasteiger partial charge >= 0.3 is 0 Å². The zero-order valence-corrected chi connectivity index (χ0v) is 14.5. The first-order valence-corrected chi connectivity index (χ1v) is 9.12. The Kier molecular flexibility index (Phi) is 4.64. The number of alkyl halides is 2. The van der Waals surface area contributed by atoms with E-state index in [-0.39, 0.29) is 10.5 Å². The first kappa shape index (κ1) is 18.2. The van der Waals surface area contributed by atoms with E-state index >= 15 is 0 Å². The van der Waals surface area contributed by atoms with Crippen LogP contribution in [0.15, 0.2) is 59.5 Å². The fourth-order valence-corrected chi connectivity index (χ4v) is 3.31. The highest BCUT2D eigenvalue weighted by molar-refractivity contribution is 7.89. The number of nitrogens with two attached hydrogens (primary N) is 1. The van der Waals surface area contributed by atoms with Gasteiger partial charge in [-0.3, -0.25) is 0 Å². The molecular weight excluding hydrogens is 365 g/mol. The fraction of sp³-hybridized carbons (Fsp3) is 0.111. The Balaban J connectivity index is 2.20. The Hall–Kier alpha value is -2.58. The van der Waals surface area contributed by atoms with Crippen LogP contribution in [0.25, 0.3) is 16.9 Å². The van der Waals surface area contributed by atoms with Gasteiger partial charge in [0, 0.05) is 16.9 Å². The van der Waals surface area contributed by atoms with Crippen molar-refractivity contribution in [3.63, 3.8) is 0 Å². The number of nitrogens with zero attached hydrogens (tertiary/aromatic N) is 1. The van der Waals surface area contributed by atoms with E-state index in [1.54, 1.807) is 11.5 Å². The monoisotopic (exact) mass is 380 g/mol. The second kappa shape index (κ2) is 6.62. The van der Waals surface area contributed by atoms with Gasteiger partial charge in [-0.15, -0.1) is 0 Å². The van der Waals surface area contributed by atoms with Crippen LogP contribution >= 0.6 is 0 Å². The molecule has 0 saturated carbocycles. The average Bonchev–Trinajstić information content (AvgIpc) is 2.92. The first-order chi connectivity index (χ1) is 12.2. The normalized spacial score (nSPS) is 11.9. The Morgan fingerprint density at radius 1 is 1.00 bits per heavy atom. The second-order valence-electron chi connectivity index (χ2n) is 5.75. The van der Waals surface area contributed by atoms with Crippen molar-refractivity contribution in [2.45, 2.75) is 18.2 Å². The van der Waals surface area contributed by atoms with E-state index in [2.05, 4.69) is 0 Å². The number of hydrogen-bond donors (Lipinski definition) is 1. The van der Waals surface area contributed by atoms with Crippen molar-refractivity contribution in [2.75, 3.05) is 0 Å². The Labute approximate surface area is 148 Å². The van der Waals surface area contributed by atoms with Crippen LogP contribution in [-0.2, 0) is 10.0 Å². The molecule has 0 bridgehead atoms. The molecule has 0 aliphatic heterocycles. The van der Waals surface area contributed by atoms with Crippen LogP contribution in [0, 0.1) is 12.7 Å². The van der Waals surface area contributed by atoms with Crippen molar-refractivity contribution < 1.29 is 21.6 Å². The van der Waals surface area contributed by atoms with E-state index in [0.29, 0.717) is 22.6 Å². The predicted octanol–water partition coefficient (Wildman–Crippen LogP) is 4.18. The van der Waals surface area contributed by atoms with Crippen LogP contribution in [0.2, 0.25) is 0 Å². The van der Waals surface area contributed by atoms with Gasteiger partial charge in [0.05, 0.1) is 10.6 Å². The minimum absolute atomic E-state index is 0.0769. The van der Waals surface area contributed by atoms with E-state index in [0.717, 1.165) is 0 Å². The number of aromatic nitrogens is 1. The predicted molar refractivity (Wildman–Crippen MR) is 92.2 cm³/mol. The van der Waals surface area contributed by atoms with Gasteiger partial charge < -0.3 is 4.57 Å². The molecule has 26 heavy (non-hydrogen) atoms. The molecule has 8 heteroatoms. The maximum Gasteiger partial charge on any atom is 0.265 e. The summed E-state index contributed by atoms with van der Waals surface area (Å²) in [6, 6.07) is 12.4. The van der Waals surface area contributed by atoms with Gasteiger partial charge in [0.1, 0.15) is 5.82 Å². The van der Waals surface area contributed by atoms with Crippen LogP contribution in [0.3, 0.4) is 0 Å². The number of primary sulfonamides is 1. The summed E-state index contributed by atoms with van der Waals surface area (Å²) in [5.41, 5.74) is 1.64. The molecule has 4 nitrogen and oxygen atoms in total. The maximum atomic E-state index is 13.4. The van der Waals surface area contributed by atoms with Crippen LogP contribution in [0.4, 0.5) is 13.2 Å². The lowest BCUT2D eigenvalue weighted by molar-refractivity contribution is 0.150. The average molecular weight is 380 g/mol. The summed E-state index contributed by atoms with van der Waals surface area (Å²) in [5, 5.41) is 5.08. The molecule has 0 amide bonds. The molecule has 0 aliphatic carbocycles. The first-order valence-electron chi connectivity index (χ1n) is 7.58. The summed E-state index contributed by atoms with van der Waals surface area (Å²) < 4.78 is 64.3. The third-order valence-corrected chi connectivity index (χ3v) is 5.01. The zero-order chi connectivity index (χ0) is 19.1. The molecule has 1 aromatic heterocycles. The molecule has 0 fully saturated rings. The molecule has 1 heterocycles. The lowest BCUT2D eigenvalue weighted by Gasteiger charge is -2.13. The molecule has 0 atom stereocenters. The maximum absolute atomic E-state index is 13.4. The van der Waals surface area contributed by atoms with Gasteiger partial charge in [0.15, 0.2) is 0 Å². The smallest absolute Gasteiger partial charge is 0.265 e. The number of benzene rings is 2. The number of hydrogen-bond acceptors (Lipinski definition) is 2. The molecule has 2 N–H and O–H groups in total. The van der Waals surface area contributed by atoms with Gasteiger partial charge in [-0.1, -0.05) is 12.1 Å². The van der Waals surface area contributed by atoms with Gasteiger partial charge in [0.2, 0.25) is 10.0 Å². The molecular formula is C18H15F3N2O2S. The molecule has 0 spiro atoms. The molecule has 0 unspecified atom stereocenters. The third kappa shape index (κ3) is 3.38. The van der Waals surface area contributed by atoms with Crippen molar-refractivity contribution in [1.29, 1.82) is 0 Å². The van der Waals surface area contributed by atoms with Crippen LogP contribution in [0.5, 0.6) is 0 Å². The van der Waals surface area contributed by atoms with E-state index in [4.69, 9.17) is 5.14 Å². The van der Waals surface area contributed by atoms with Gasteiger partial charge in [-0.25, -0.2) is 26.7 Å². The highest BCUT2D eigenvalue weighted by Gasteiger charge is 2.21.